The highest BCUT2D eigenvalue weighted by Crippen LogP contribution is 2.41. The normalized spacial score (nSPS) is 12.1. The van der Waals surface area contributed by atoms with Crippen molar-refractivity contribution in [3.63, 3.8) is 0 Å². The van der Waals surface area contributed by atoms with E-state index in [1.165, 1.54) is 30.6 Å². The van der Waals surface area contributed by atoms with Gasteiger partial charge in [0.25, 0.3) is 0 Å². The van der Waals surface area contributed by atoms with Gasteiger partial charge < -0.3 is 0 Å². The van der Waals surface area contributed by atoms with E-state index in [0.29, 0.717) is 0 Å². The monoisotopic (exact) mass is 300 g/mol. The highest BCUT2D eigenvalue weighted by Gasteiger charge is 2.34. The summed E-state index contributed by atoms with van der Waals surface area (Å²) in [6.07, 6.45) is 9.03. The lowest BCUT2D eigenvalue weighted by molar-refractivity contribution is 0.0598. The van der Waals surface area contributed by atoms with Crippen molar-refractivity contribution >= 4 is 20.0 Å². The van der Waals surface area contributed by atoms with Gasteiger partial charge in [0.1, 0.15) is 5.60 Å². The van der Waals surface area contributed by atoms with E-state index in [4.69, 9.17) is 4.52 Å². The van der Waals surface area contributed by atoms with Gasteiger partial charge in [-0.05, 0) is 24.3 Å². The standard InChI is InChI=1S/C15H25O2PS/c1-3-5-7-11-15(17-18-16,12-8-6-4-2)14-10-9-13-19-14/h9-10,13H,3-8,11-12H2,1-2H3. The molecule has 0 bridgehead atoms. The molecule has 0 atom stereocenters. The van der Waals surface area contributed by atoms with Crippen molar-refractivity contribution in [2.24, 2.45) is 0 Å². The first kappa shape index (κ1) is 16.8. The molecular weight excluding hydrogens is 275 g/mol. The molecule has 0 fully saturated rings. The summed E-state index contributed by atoms with van der Waals surface area (Å²) >= 11 is 1.72. The van der Waals surface area contributed by atoms with Gasteiger partial charge in [0.15, 0.2) is 0 Å². The van der Waals surface area contributed by atoms with Gasteiger partial charge in [-0.1, -0.05) is 58.4 Å². The van der Waals surface area contributed by atoms with E-state index < -0.39 is 0 Å². The predicted octanol–water partition coefficient (Wildman–Crippen LogP) is 6.33. The minimum Gasteiger partial charge on any atom is -0.282 e. The molecule has 0 aliphatic carbocycles. The minimum atomic E-state index is -0.332. The average molecular weight is 300 g/mol. The zero-order valence-corrected chi connectivity index (χ0v) is 13.8. The van der Waals surface area contributed by atoms with Crippen LogP contribution in [-0.2, 0) is 14.7 Å². The summed E-state index contributed by atoms with van der Waals surface area (Å²) in [6.45, 7) is 4.41. The Labute approximate surface area is 122 Å². The second-order valence-electron chi connectivity index (χ2n) is 5.05. The van der Waals surface area contributed by atoms with Crippen LogP contribution in [0.2, 0.25) is 0 Å². The van der Waals surface area contributed by atoms with E-state index in [0.717, 1.165) is 25.7 Å². The van der Waals surface area contributed by atoms with Gasteiger partial charge >= 0.3 is 8.69 Å². The maximum Gasteiger partial charge on any atom is 0.328 e. The molecule has 0 unspecified atom stereocenters. The van der Waals surface area contributed by atoms with Crippen LogP contribution >= 0.6 is 20.0 Å². The molecule has 4 heteroatoms. The first-order valence-corrected chi connectivity index (χ1v) is 8.95. The molecule has 0 radical (unpaired) electrons. The van der Waals surface area contributed by atoms with Crippen molar-refractivity contribution < 1.29 is 9.09 Å². The number of unbranched alkanes of at least 4 members (excludes halogenated alkanes) is 4. The molecule has 1 rings (SSSR count). The largest absolute Gasteiger partial charge is 0.328 e. The lowest BCUT2D eigenvalue weighted by Crippen LogP contribution is -2.25. The van der Waals surface area contributed by atoms with Crippen LogP contribution in [0.1, 0.15) is 70.1 Å². The van der Waals surface area contributed by atoms with E-state index in [9.17, 15) is 4.57 Å². The van der Waals surface area contributed by atoms with Gasteiger partial charge in [-0.25, -0.2) is 4.57 Å². The molecule has 0 aliphatic rings. The Morgan fingerprint density at radius 3 is 2.21 bits per heavy atom. The van der Waals surface area contributed by atoms with Gasteiger partial charge in [0.05, 0.1) is 0 Å². The number of hydrogen-bond donors (Lipinski definition) is 0. The Bertz CT molecular complexity index is 328. The molecule has 1 aromatic heterocycles. The van der Waals surface area contributed by atoms with Crippen LogP contribution in [0.25, 0.3) is 0 Å². The molecule has 0 N–H and O–H groups in total. The second kappa shape index (κ2) is 9.63. The molecular formula is C15H25O2PS. The molecule has 0 amide bonds. The van der Waals surface area contributed by atoms with E-state index in [-0.39, 0.29) is 14.3 Å². The fraction of sp³-hybridized carbons (Fsp3) is 0.733. The minimum absolute atomic E-state index is 0.196. The fourth-order valence-electron chi connectivity index (χ4n) is 2.44. The van der Waals surface area contributed by atoms with Crippen LogP contribution < -0.4 is 0 Å². The molecule has 0 saturated carbocycles. The molecule has 1 heterocycles. The fourth-order valence-corrected chi connectivity index (χ4v) is 3.84. The van der Waals surface area contributed by atoms with Crippen LogP contribution in [0.15, 0.2) is 17.5 Å². The Kier molecular flexibility index (Phi) is 8.52. The molecule has 1 aromatic rings. The number of hydrogen-bond acceptors (Lipinski definition) is 3. The number of thiophene rings is 1. The number of rotatable bonds is 11. The third kappa shape index (κ3) is 5.33. The van der Waals surface area contributed by atoms with Gasteiger partial charge in [-0.2, -0.15) is 0 Å². The first-order chi connectivity index (χ1) is 9.29. The maximum atomic E-state index is 11.1. The van der Waals surface area contributed by atoms with Crippen LogP contribution in [0.5, 0.6) is 0 Å². The zero-order valence-electron chi connectivity index (χ0n) is 12.1. The Hall–Kier alpha value is -0.240. The highest BCUT2D eigenvalue weighted by atomic mass is 32.1. The van der Waals surface area contributed by atoms with Crippen molar-refractivity contribution in [2.45, 2.75) is 70.8 Å². The molecule has 108 valence electrons. The van der Waals surface area contributed by atoms with Crippen LogP contribution in [-0.4, -0.2) is 0 Å². The third-order valence-corrected chi connectivity index (χ3v) is 5.03. The average Bonchev–Trinajstić information content (AvgIpc) is 2.93. The van der Waals surface area contributed by atoms with Crippen molar-refractivity contribution in [3.05, 3.63) is 22.4 Å². The van der Waals surface area contributed by atoms with Crippen molar-refractivity contribution in [1.29, 1.82) is 0 Å². The Morgan fingerprint density at radius 1 is 1.16 bits per heavy atom. The van der Waals surface area contributed by atoms with E-state index >= 15 is 0 Å². The van der Waals surface area contributed by atoms with Crippen molar-refractivity contribution in [3.8, 4) is 0 Å². The summed E-state index contributed by atoms with van der Waals surface area (Å²) in [5, 5.41) is 2.08. The maximum absolute atomic E-state index is 11.1. The lowest BCUT2D eigenvalue weighted by Gasteiger charge is -2.30. The van der Waals surface area contributed by atoms with Gasteiger partial charge in [0.2, 0.25) is 0 Å². The van der Waals surface area contributed by atoms with Crippen LogP contribution in [0.4, 0.5) is 0 Å². The summed E-state index contributed by atoms with van der Waals surface area (Å²) in [4.78, 5) is 1.23. The van der Waals surface area contributed by atoms with Crippen molar-refractivity contribution in [1.82, 2.24) is 0 Å². The first-order valence-electron chi connectivity index (χ1n) is 7.34. The van der Waals surface area contributed by atoms with Gasteiger partial charge in [-0.15, -0.1) is 11.3 Å². The molecule has 0 aliphatic heterocycles. The third-order valence-electron chi connectivity index (χ3n) is 3.55. The molecule has 0 aromatic carbocycles. The van der Waals surface area contributed by atoms with Crippen LogP contribution in [0.3, 0.4) is 0 Å². The molecule has 0 saturated heterocycles. The Morgan fingerprint density at radius 2 is 1.79 bits per heavy atom. The smallest absolute Gasteiger partial charge is 0.282 e. The topological polar surface area (TPSA) is 26.3 Å². The SMILES string of the molecule is CCCCCC(CCCCC)(OP=O)c1cccs1. The van der Waals surface area contributed by atoms with Gasteiger partial charge in [-0.3, -0.25) is 4.52 Å². The van der Waals surface area contributed by atoms with Crippen LogP contribution in [0, 0.1) is 0 Å². The van der Waals surface area contributed by atoms with Gasteiger partial charge in [0, 0.05) is 4.88 Å². The summed E-state index contributed by atoms with van der Waals surface area (Å²) in [6, 6.07) is 4.17. The second-order valence-corrected chi connectivity index (χ2v) is 6.33. The van der Waals surface area contributed by atoms with E-state index in [1.54, 1.807) is 11.3 Å². The highest BCUT2D eigenvalue weighted by molar-refractivity contribution is 7.17. The summed E-state index contributed by atoms with van der Waals surface area (Å²) in [7, 11) is -0.196. The Balaban J connectivity index is 2.79. The zero-order chi connectivity index (χ0) is 14.0. The summed E-state index contributed by atoms with van der Waals surface area (Å²) in [5.41, 5.74) is -0.332. The molecule has 19 heavy (non-hydrogen) atoms. The summed E-state index contributed by atoms with van der Waals surface area (Å²) < 4.78 is 16.8. The molecule has 2 nitrogen and oxygen atoms in total. The molecule has 0 spiro atoms. The van der Waals surface area contributed by atoms with E-state index in [1.807, 2.05) is 0 Å². The quantitative estimate of drug-likeness (QED) is 0.352. The van der Waals surface area contributed by atoms with Crippen molar-refractivity contribution in [2.75, 3.05) is 0 Å². The lowest BCUT2D eigenvalue weighted by atomic mass is 9.89. The predicted molar refractivity (Wildman–Crippen MR) is 83.0 cm³/mol. The summed E-state index contributed by atoms with van der Waals surface area (Å²) in [5.74, 6) is 0. The van der Waals surface area contributed by atoms with E-state index in [2.05, 4.69) is 31.4 Å².